The standard InChI is InChI=1S/C29H55N5O4/c1-3-5-6-7-8-9-10-11-12-13-14-15-16-21-26(35)33-24(19-17-22-32-29(30)31)27(36)34-23-18-20-25(34)28(37)38-4-2/h24-25H,3-23H2,1-2H3,(H,33,35)(H4,30,31,32). The van der Waals surface area contributed by atoms with Crippen molar-refractivity contribution in [2.45, 2.75) is 142 Å². The van der Waals surface area contributed by atoms with Crippen molar-refractivity contribution in [3.8, 4) is 0 Å². The van der Waals surface area contributed by atoms with Crippen LogP contribution in [0.25, 0.3) is 0 Å². The highest BCUT2D eigenvalue weighted by Gasteiger charge is 2.38. The van der Waals surface area contributed by atoms with Gasteiger partial charge in [-0.15, -0.1) is 0 Å². The van der Waals surface area contributed by atoms with Crippen molar-refractivity contribution in [1.82, 2.24) is 10.2 Å². The highest BCUT2D eigenvalue weighted by Crippen LogP contribution is 2.21. The Labute approximate surface area is 230 Å². The number of likely N-dealkylation sites (tertiary alicyclic amines) is 1. The average molecular weight is 538 g/mol. The predicted octanol–water partition coefficient (Wildman–Crippen LogP) is 4.56. The lowest BCUT2D eigenvalue weighted by Crippen LogP contribution is -2.52. The van der Waals surface area contributed by atoms with Crippen LogP contribution in [0.1, 0.15) is 129 Å². The first kappa shape index (κ1) is 33.7. The van der Waals surface area contributed by atoms with Gasteiger partial charge >= 0.3 is 5.97 Å². The molecule has 0 aliphatic carbocycles. The average Bonchev–Trinajstić information content (AvgIpc) is 3.38. The molecule has 0 spiro atoms. The molecule has 0 radical (unpaired) electrons. The quantitative estimate of drug-likeness (QED) is 0.0800. The monoisotopic (exact) mass is 537 g/mol. The Kier molecular flexibility index (Phi) is 19.2. The van der Waals surface area contributed by atoms with Gasteiger partial charge in [-0.05, 0) is 39.0 Å². The Bertz CT molecular complexity index is 696. The van der Waals surface area contributed by atoms with Crippen LogP contribution in [0.3, 0.4) is 0 Å². The van der Waals surface area contributed by atoms with Crippen molar-refractivity contribution in [3.05, 3.63) is 0 Å². The van der Waals surface area contributed by atoms with Crippen molar-refractivity contribution in [3.63, 3.8) is 0 Å². The van der Waals surface area contributed by atoms with Gasteiger partial charge in [0.2, 0.25) is 11.8 Å². The van der Waals surface area contributed by atoms with E-state index in [1.807, 2.05) is 0 Å². The number of carbonyl (C=O) groups excluding carboxylic acids is 3. The van der Waals surface area contributed by atoms with E-state index in [2.05, 4.69) is 17.2 Å². The molecule has 1 heterocycles. The Morgan fingerprint density at radius 1 is 0.895 bits per heavy atom. The molecule has 38 heavy (non-hydrogen) atoms. The number of amides is 2. The molecule has 1 saturated heterocycles. The second-order valence-corrected chi connectivity index (χ2v) is 10.5. The van der Waals surface area contributed by atoms with Crippen LogP contribution in [0.2, 0.25) is 0 Å². The minimum Gasteiger partial charge on any atom is -0.464 e. The molecule has 2 atom stereocenters. The first-order chi connectivity index (χ1) is 18.4. The van der Waals surface area contributed by atoms with Gasteiger partial charge in [0.15, 0.2) is 5.96 Å². The molecule has 9 nitrogen and oxygen atoms in total. The largest absolute Gasteiger partial charge is 0.464 e. The lowest BCUT2D eigenvalue weighted by molar-refractivity contribution is -0.153. The fraction of sp³-hybridized carbons (Fsp3) is 0.862. The summed E-state index contributed by atoms with van der Waals surface area (Å²) in [7, 11) is 0. The third-order valence-corrected chi connectivity index (χ3v) is 7.18. The lowest BCUT2D eigenvalue weighted by atomic mass is 10.0. The molecule has 0 aromatic heterocycles. The summed E-state index contributed by atoms with van der Waals surface area (Å²) in [6.45, 7) is 5.14. The fourth-order valence-electron chi connectivity index (χ4n) is 5.04. The van der Waals surface area contributed by atoms with Crippen LogP contribution in [0.5, 0.6) is 0 Å². The number of guanidine groups is 1. The van der Waals surface area contributed by atoms with E-state index < -0.39 is 12.1 Å². The van der Waals surface area contributed by atoms with Gasteiger partial charge < -0.3 is 26.4 Å². The molecule has 1 rings (SSSR count). The van der Waals surface area contributed by atoms with Gasteiger partial charge in [0.1, 0.15) is 12.1 Å². The highest BCUT2D eigenvalue weighted by molar-refractivity contribution is 5.91. The normalized spacial score (nSPS) is 15.7. The molecular weight excluding hydrogens is 482 g/mol. The van der Waals surface area contributed by atoms with Crippen molar-refractivity contribution in [2.75, 3.05) is 19.7 Å². The van der Waals surface area contributed by atoms with Crippen molar-refractivity contribution < 1.29 is 19.1 Å². The SMILES string of the molecule is CCCCCCCCCCCCCCCC(=O)NC(CCCN=C(N)N)C(=O)N1CCCC1C(=O)OCC. The van der Waals surface area contributed by atoms with Gasteiger partial charge in [0, 0.05) is 19.5 Å². The van der Waals surface area contributed by atoms with Crippen molar-refractivity contribution in [2.24, 2.45) is 16.5 Å². The van der Waals surface area contributed by atoms with Crippen LogP contribution >= 0.6 is 0 Å². The van der Waals surface area contributed by atoms with E-state index >= 15 is 0 Å². The third kappa shape index (κ3) is 15.2. The second-order valence-electron chi connectivity index (χ2n) is 10.5. The van der Waals surface area contributed by atoms with Crippen LogP contribution in [0.4, 0.5) is 0 Å². The molecule has 220 valence electrons. The molecule has 2 unspecified atom stereocenters. The Morgan fingerprint density at radius 2 is 1.47 bits per heavy atom. The Balaban J connectivity index is 2.38. The van der Waals surface area contributed by atoms with E-state index in [0.717, 1.165) is 25.7 Å². The van der Waals surface area contributed by atoms with Crippen molar-refractivity contribution >= 4 is 23.7 Å². The lowest BCUT2D eigenvalue weighted by Gasteiger charge is -2.28. The number of nitrogens with zero attached hydrogens (tertiary/aromatic N) is 2. The van der Waals surface area contributed by atoms with Crippen LogP contribution in [-0.2, 0) is 19.1 Å². The van der Waals surface area contributed by atoms with E-state index in [1.165, 1.54) is 64.2 Å². The molecular formula is C29H55N5O4. The van der Waals surface area contributed by atoms with E-state index in [1.54, 1.807) is 11.8 Å². The fourth-order valence-corrected chi connectivity index (χ4v) is 5.04. The van der Waals surface area contributed by atoms with Gasteiger partial charge in [0.05, 0.1) is 6.61 Å². The number of hydrogen-bond donors (Lipinski definition) is 3. The second kappa shape index (κ2) is 21.6. The zero-order chi connectivity index (χ0) is 28.0. The van der Waals surface area contributed by atoms with E-state index in [9.17, 15) is 14.4 Å². The summed E-state index contributed by atoms with van der Waals surface area (Å²) in [4.78, 5) is 43.9. The number of carbonyl (C=O) groups is 3. The number of unbranched alkanes of at least 4 members (excludes halogenated alkanes) is 12. The zero-order valence-electron chi connectivity index (χ0n) is 24.2. The maximum atomic E-state index is 13.3. The van der Waals surface area contributed by atoms with E-state index in [-0.39, 0.29) is 30.4 Å². The summed E-state index contributed by atoms with van der Waals surface area (Å²) in [5.41, 5.74) is 10.8. The van der Waals surface area contributed by atoms with Crippen LogP contribution in [-0.4, -0.2) is 60.4 Å². The van der Waals surface area contributed by atoms with Gasteiger partial charge in [-0.2, -0.15) is 0 Å². The Hall–Kier alpha value is -2.32. The van der Waals surface area contributed by atoms with Gasteiger partial charge in [-0.25, -0.2) is 4.79 Å². The van der Waals surface area contributed by atoms with E-state index in [4.69, 9.17) is 16.2 Å². The number of nitrogens with one attached hydrogen (secondary N) is 1. The smallest absolute Gasteiger partial charge is 0.328 e. The summed E-state index contributed by atoms with van der Waals surface area (Å²) in [5.74, 6) is -0.735. The molecule has 1 fully saturated rings. The Morgan fingerprint density at radius 3 is 2.03 bits per heavy atom. The number of esters is 1. The molecule has 1 aliphatic rings. The third-order valence-electron chi connectivity index (χ3n) is 7.18. The summed E-state index contributed by atoms with van der Waals surface area (Å²) < 4.78 is 5.16. The molecule has 2 amide bonds. The number of aliphatic imine (C=N–C) groups is 1. The van der Waals surface area contributed by atoms with Crippen molar-refractivity contribution in [1.29, 1.82) is 0 Å². The number of hydrogen-bond acceptors (Lipinski definition) is 5. The number of rotatable bonds is 22. The van der Waals surface area contributed by atoms with Crippen LogP contribution in [0.15, 0.2) is 4.99 Å². The summed E-state index contributed by atoms with van der Waals surface area (Å²) in [6, 6.07) is -1.28. The van der Waals surface area contributed by atoms with Crippen LogP contribution < -0.4 is 16.8 Å². The minimum absolute atomic E-state index is 0.00115. The summed E-state index contributed by atoms with van der Waals surface area (Å²) in [6.07, 6.45) is 18.9. The van der Waals surface area contributed by atoms with E-state index in [0.29, 0.717) is 38.8 Å². The van der Waals surface area contributed by atoms with Gasteiger partial charge in [0.25, 0.3) is 0 Å². The summed E-state index contributed by atoms with van der Waals surface area (Å²) >= 11 is 0. The zero-order valence-corrected chi connectivity index (χ0v) is 24.2. The topological polar surface area (TPSA) is 140 Å². The number of nitrogens with two attached hydrogens (primary N) is 2. The molecule has 0 aromatic rings. The maximum absolute atomic E-state index is 13.3. The first-order valence-electron chi connectivity index (χ1n) is 15.2. The maximum Gasteiger partial charge on any atom is 0.328 e. The molecule has 0 saturated carbocycles. The molecule has 1 aliphatic heterocycles. The molecule has 0 bridgehead atoms. The molecule has 5 N–H and O–H groups in total. The highest BCUT2D eigenvalue weighted by atomic mass is 16.5. The van der Waals surface area contributed by atoms with Gasteiger partial charge in [-0.3, -0.25) is 14.6 Å². The number of ether oxygens (including phenoxy) is 1. The molecule has 9 heteroatoms. The molecule has 0 aromatic carbocycles. The first-order valence-corrected chi connectivity index (χ1v) is 15.2. The predicted molar refractivity (Wildman–Crippen MR) is 154 cm³/mol. The van der Waals surface area contributed by atoms with Crippen LogP contribution in [0, 0.1) is 0 Å². The minimum atomic E-state index is -0.700. The van der Waals surface area contributed by atoms with Gasteiger partial charge in [-0.1, -0.05) is 84.0 Å². The summed E-state index contributed by atoms with van der Waals surface area (Å²) in [5, 5.41) is 2.92.